The van der Waals surface area contributed by atoms with Gasteiger partial charge in [-0.25, -0.2) is 0 Å². The molecule has 2 nitrogen and oxygen atoms in total. The molecule has 13 heavy (non-hydrogen) atoms. The van der Waals surface area contributed by atoms with Crippen molar-refractivity contribution in [2.24, 2.45) is 0 Å². The lowest BCUT2D eigenvalue weighted by molar-refractivity contribution is 0.104. The van der Waals surface area contributed by atoms with E-state index in [2.05, 4.69) is 0 Å². The summed E-state index contributed by atoms with van der Waals surface area (Å²) < 4.78 is 1.98. The van der Waals surface area contributed by atoms with Gasteiger partial charge in [-0.1, -0.05) is 0 Å². The van der Waals surface area contributed by atoms with E-state index in [0.717, 1.165) is 16.3 Å². The summed E-state index contributed by atoms with van der Waals surface area (Å²) in [6.45, 7) is 2.04. The summed E-state index contributed by atoms with van der Waals surface area (Å²) in [6.07, 6.45) is 1.94. The van der Waals surface area contributed by atoms with Crippen molar-refractivity contribution >= 4 is 17.1 Å². The molecule has 0 unspecified atom stereocenters. The Labute approximate surface area is 79.4 Å². The smallest absolute Gasteiger partial charge is 0.221 e. The lowest BCUT2D eigenvalue weighted by atomic mass is 10.2. The van der Waals surface area contributed by atoms with Gasteiger partial charge in [0, 0.05) is 6.20 Å². The molecule has 0 bridgehead atoms. The molecule has 0 spiro atoms. The van der Waals surface area contributed by atoms with Crippen LogP contribution in [-0.4, -0.2) is 10.4 Å². The fraction of sp³-hybridized carbons (Fsp3) is 0.100. The predicted octanol–water partition coefficient (Wildman–Crippen LogP) is 2.39. The third kappa shape index (κ3) is 0.704. The molecule has 0 radical (unpaired) electrons. The Hall–Kier alpha value is -1.35. The average molecular weight is 189 g/mol. The molecule has 2 aromatic rings. The summed E-state index contributed by atoms with van der Waals surface area (Å²) in [4.78, 5) is 12.6. The summed E-state index contributed by atoms with van der Waals surface area (Å²) in [5.74, 6) is 0.165. The Morgan fingerprint density at radius 2 is 2.31 bits per heavy atom. The van der Waals surface area contributed by atoms with Crippen LogP contribution in [0.4, 0.5) is 0 Å². The highest BCUT2D eigenvalue weighted by Gasteiger charge is 2.28. The van der Waals surface area contributed by atoms with E-state index in [1.54, 1.807) is 0 Å². The van der Waals surface area contributed by atoms with Gasteiger partial charge in [0.25, 0.3) is 0 Å². The molecule has 0 aliphatic carbocycles. The molecule has 0 amide bonds. The van der Waals surface area contributed by atoms with Gasteiger partial charge < -0.3 is 4.57 Å². The molecule has 0 atom stereocenters. The Balaban J connectivity index is 2.46. The Kier molecular flexibility index (Phi) is 1.15. The van der Waals surface area contributed by atoms with Crippen LogP contribution in [0.3, 0.4) is 0 Å². The minimum Gasteiger partial charge on any atom is -0.312 e. The van der Waals surface area contributed by atoms with Crippen LogP contribution in [0.1, 0.15) is 20.9 Å². The molecule has 0 N–H and O–H groups in total. The number of aromatic nitrogens is 1. The zero-order valence-electron chi connectivity index (χ0n) is 7.07. The first kappa shape index (κ1) is 7.09. The standard InChI is InChI=1S/C10H7NOS/c1-6-5-13-10-8(6)11-4-2-3-7(11)9(10)12/h2-5H,1H3. The van der Waals surface area contributed by atoms with Gasteiger partial charge in [0.15, 0.2) is 0 Å². The summed E-state index contributed by atoms with van der Waals surface area (Å²) in [6, 6.07) is 3.78. The van der Waals surface area contributed by atoms with E-state index in [-0.39, 0.29) is 5.78 Å². The summed E-state index contributed by atoms with van der Waals surface area (Å²) >= 11 is 1.54. The van der Waals surface area contributed by atoms with Crippen LogP contribution in [0.5, 0.6) is 0 Å². The molecule has 1 aliphatic rings. The molecule has 3 rings (SSSR count). The van der Waals surface area contributed by atoms with E-state index in [0.29, 0.717) is 0 Å². The monoisotopic (exact) mass is 189 g/mol. The largest absolute Gasteiger partial charge is 0.312 e. The maximum Gasteiger partial charge on any atom is 0.221 e. The van der Waals surface area contributed by atoms with Gasteiger partial charge in [0.2, 0.25) is 5.78 Å². The third-order valence-electron chi connectivity index (χ3n) is 2.37. The molecule has 1 aliphatic heterocycles. The highest BCUT2D eigenvalue weighted by atomic mass is 32.1. The number of fused-ring (bicyclic) bond motifs is 3. The number of ketones is 1. The van der Waals surface area contributed by atoms with Crippen LogP contribution in [0.15, 0.2) is 23.7 Å². The zero-order valence-corrected chi connectivity index (χ0v) is 7.89. The molecule has 3 heteroatoms. The second kappa shape index (κ2) is 2.12. The highest BCUT2D eigenvalue weighted by Crippen LogP contribution is 2.34. The first-order valence-corrected chi connectivity index (χ1v) is 4.97. The number of rotatable bonds is 0. The maximum absolute atomic E-state index is 11.8. The van der Waals surface area contributed by atoms with Crippen molar-refractivity contribution in [1.82, 2.24) is 4.57 Å². The van der Waals surface area contributed by atoms with Gasteiger partial charge in [-0.05, 0) is 30.0 Å². The topological polar surface area (TPSA) is 22.0 Å². The van der Waals surface area contributed by atoms with Crippen LogP contribution in [0.25, 0.3) is 5.69 Å². The van der Waals surface area contributed by atoms with E-state index < -0.39 is 0 Å². The van der Waals surface area contributed by atoms with Gasteiger partial charge in [-0.15, -0.1) is 11.3 Å². The number of carbonyl (C=O) groups excluding carboxylic acids is 1. The number of aryl methyl sites for hydroxylation is 1. The van der Waals surface area contributed by atoms with Crippen LogP contribution < -0.4 is 0 Å². The first-order valence-electron chi connectivity index (χ1n) is 4.09. The molecule has 0 saturated heterocycles. The minimum atomic E-state index is 0.165. The van der Waals surface area contributed by atoms with Crippen molar-refractivity contribution in [2.75, 3.05) is 0 Å². The maximum atomic E-state index is 11.8. The summed E-state index contributed by atoms with van der Waals surface area (Å²) in [5, 5.41) is 2.03. The number of hydrogen-bond acceptors (Lipinski definition) is 2. The normalized spacial score (nSPS) is 13.2. The lowest BCUT2D eigenvalue weighted by Gasteiger charge is -1.97. The van der Waals surface area contributed by atoms with Crippen molar-refractivity contribution in [1.29, 1.82) is 0 Å². The first-order chi connectivity index (χ1) is 6.29. The minimum absolute atomic E-state index is 0.165. The number of thiophene rings is 1. The predicted molar refractivity (Wildman–Crippen MR) is 51.8 cm³/mol. The highest BCUT2D eigenvalue weighted by molar-refractivity contribution is 7.13. The van der Waals surface area contributed by atoms with Crippen LogP contribution in [-0.2, 0) is 0 Å². The van der Waals surface area contributed by atoms with Crippen LogP contribution in [0.2, 0.25) is 0 Å². The SMILES string of the molecule is Cc1csc2c1-n1cccc1C2=O. The van der Waals surface area contributed by atoms with Crippen molar-refractivity contribution in [2.45, 2.75) is 6.92 Å². The molecule has 0 aromatic carbocycles. The third-order valence-corrected chi connectivity index (χ3v) is 3.46. The van der Waals surface area contributed by atoms with Crippen molar-refractivity contribution < 1.29 is 4.79 Å². The van der Waals surface area contributed by atoms with E-state index in [1.165, 1.54) is 16.9 Å². The lowest BCUT2D eigenvalue weighted by Crippen LogP contribution is -1.93. The average Bonchev–Trinajstić information content (AvgIpc) is 2.71. The molecule has 3 heterocycles. The molecule has 2 aromatic heterocycles. The van der Waals surface area contributed by atoms with Crippen molar-refractivity contribution in [3.05, 3.63) is 39.8 Å². The molecule has 64 valence electrons. The molecule has 0 saturated carbocycles. The van der Waals surface area contributed by atoms with Crippen LogP contribution >= 0.6 is 11.3 Å². The van der Waals surface area contributed by atoms with Crippen molar-refractivity contribution in [3.8, 4) is 5.69 Å². The second-order valence-electron chi connectivity index (χ2n) is 3.19. The number of carbonyl (C=O) groups is 1. The van der Waals surface area contributed by atoms with E-state index in [9.17, 15) is 4.79 Å². The van der Waals surface area contributed by atoms with Gasteiger partial charge >= 0.3 is 0 Å². The van der Waals surface area contributed by atoms with Crippen LogP contribution in [0, 0.1) is 6.92 Å². The number of hydrogen-bond donors (Lipinski definition) is 0. The Morgan fingerprint density at radius 3 is 3.15 bits per heavy atom. The fourth-order valence-electron chi connectivity index (χ4n) is 1.78. The van der Waals surface area contributed by atoms with E-state index >= 15 is 0 Å². The summed E-state index contributed by atoms with van der Waals surface area (Å²) in [7, 11) is 0. The van der Waals surface area contributed by atoms with Gasteiger partial charge in [0.05, 0.1) is 11.4 Å². The quantitative estimate of drug-likeness (QED) is 0.532. The fourth-order valence-corrected chi connectivity index (χ4v) is 2.76. The van der Waals surface area contributed by atoms with E-state index in [1.807, 2.05) is 35.2 Å². The Morgan fingerprint density at radius 1 is 1.46 bits per heavy atom. The zero-order chi connectivity index (χ0) is 9.00. The van der Waals surface area contributed by atoms with E-state index in [4.69, 9.17) is 0 Å². The second-order valence-corrected chi connectivity index (χ2v) is 4.07. The van der Waals surface area contributed by atoms with Gasteiger partial charge in [-0.3, -0.25) is 4.79 Å². The van der Waals surface area contributed by atoms with Gasteiger partial charge in [0.1, 0.15) is 4.88 Å². The Bertz CT molecular complexity index is 507. The summed E-state index contributed by atoms with van der Waals surface area (Å²) in [5.41, 5.74) is 3.06. The van der Waals surface area contributed by atoms with Crippen molar-refractivity contribution in [3.63, 3.8) is 0 Å². The molecule has 0 fully saturated rings. The molecular weight excluding hydrogens is 182 g/mol. The molecular formula is C10H7NOS. The number of nitrogens with zero attached hydrogens (tertiary/aromatic N) is 1. The van der Waals surface area contributed by atoms with Gasteiger partial charge in [-0.2, -0.15) is 0 Å².